The second kappa shape index (κ2) is 17.0. The molecule has 4 aromatic heterocycles. The van der Waals surface area contributed by atoms with Crippen LogP contribution in [0.15, 0.2) is 86.0 Å². The van der Waals surface area contributed by atoms with Crippen LogP contribution in [0.1, 0.15) is 49.5 Å². The summed E-state index contributed by atoms with van der Waals surface area (Å²) in [5.74, 6) is -6.84. The summed E-state index contributed by atoms with van der Waals surface area (Å²) >= 11 is 0. The summed E-state index contributed by atoms with van der Waals surface area (Å²) < 4.78 is 43.7. The Morgan fingerprint density at radius 3 is 1.57 bits per heavy atom. The number of nitrogens with zero attached hydrogens (tertiary/aromatic N) is 8. The van der Waals surface area contributed by atoms with Gasteiger partial charge in [-0.15, -0.1) is 20.4 Å². The topological polar surface area (TPSA) is 238 Å². The molecule has 21 heteroatoms. The minimum absolute atomic E-state index is 0. The predicted molar refractivity (Wildman–Crippen MR) is 178 cm³/mol. The molecule has 4 N–H and O–H groups in total. The third-order valence-electron chi connectivity index (χ3n) is 7.21. The van der Waals surface area contributed by atoms with Gasteiger partial charge in [0.2, 0.25) is 0 Å². The van der Waals surface area contributed by atoms with Crippen LogP contribution in [0.2, 0.25) is 0 Å². The smallest absolute Gasteiger partial charge is 1.00 e. The largest absolute Gasteiger partial charge is 1.00 e. The summed E-state index contributed by atoms with van der Waals surface area (Å²) in [6.45, 7) is -0.452. The van der Waals surface area contributed by atoms with E-state index in [2.05, 4.69) is 41.0 Å². The van der Waals surface area contributed by atoms with Crippen LogP contribution >= 0.6 is 0 Å². The summed E-state index contributed by atoms with van der Waals surface area (Å²) in [5, 5.41) is 39.5. The van der Waals surface area contributed by atoms with Crippen molar-refractivity contribution in [3.8, 4) is 23.1 Å². The van der Waals surface area contributed by atoms with E-state index in [9.17, 15) is 38.2 Å². The first kappa shape index (κ1) is 38.2. The van der Waals surface area contributed by atoms with E-state index in [1.54, 1.807) is 21.5 Å². The number of rotatable bonds is 14. The first-order valence-corrected chi connectivity index (χ1v) is 15.2. The number of nitrogens with one attached hydrogen (secondary N) is 2. The van der Waals surface area contributed by atoms with Gasteiger partial charge < -0.3 is 31.7 Å². The van der Waals surface area contributed by atoms with Gasteiger partial charge in [0, 0.05) is 43.3 Å². The molecule has 0 aliphatic rings. The maximum absolute atomic E-state index is 15.0. The molecule has 0 radical (unpaired) electrons. The van der Waals surface area contributed by atoms with Crippen molar-refractivity contribution in [1.82, 2.24) is 39.5 Å². The molecule has 18 nitrogen and oxygen atoms in total. The number of anilines is 2. The van der Waals surface area contributed by atoms with Crippen molar-refractivity contribution in [2.45, 2.75) is 6.42 Å². The fraction of sp³-hybridized carbons (Fsp3) is 0.0909. The van der Waals surface area contributed by atoms with Gasteiger partial charge in [0.1, 0.15) is 12.7 Å². The maximum Gasteiger partial charge on any atom is 1.00 e. The number of carbonyl (C=O) groups excluding carboxylic acids is 2. The van der Waals surface area contributed by atoms with Gasteiger partial charge in [-0.25, -0.2) is 28.3 Å². The van der Waals surface area contributed by atoms with E-state index in [1.807, 2.05) is 0 Å². The fourth-order valence-corrected chi connectivity index (χ4v) is 4.64. The van der Waals surface area contributed by atoms with Crippen molar-refractivity contribution in [3.63, 3.8) is 0 Å². The van der Waals surface area contributed by atoms with Crippen molar-refractivity contribution >= 4 is 35.1 Å². The maximum atomic E-state index is 15.0. The molecule has 6 rings (SSSR count). The second-order valence-electron chi connectivity index (χ2n) is 10.7. The number of carbonyl (C=O) groups is 4. The third-order valence-corrected chi connectivity index (χ3v) is 7.21. The van der Waals surface area contributed by atoms with Crippen LogP contribution in [0.4, 0.5) is 20.2 Å². The number of carboxylic acids is 2. The molecule has 0 saturated carbocycles. The number of hydrogen-bond acceptors (Lipinski definition) is 12. The average Bonchev–Trinajstić information content (AvgIpc) is 3.89. The van der Waals surface area contributed by atoms with E-state index in [1.165, 1.54) is 49.3 Å². The second-order valence-corrected chi connectivity index (χ2v) is 10.7. The first-order valence-electron chi connectivity index (χ1n) is 15.2. The van der Waals surface area contributed by atoms with Crippen molar-refractivity contribution in [2.24, 2.45) is 0 Å². The number of aromatic nitrogens is 8. The van der Waals surface area contributed by atoms with Crippen LogP contribution in [-0.2, 0) is 0 Å². The van der Waals surface area contributed by atoms with Crippen molar-refractivity contribution in [2.75, 3.05) is 23.8 Å². The zero-order valence-electron chi connectivity index (χ0n) is 28.9. The molecular weight excluding hydrogens is 709 g/mol. The molecule has 0 bridgehead atoms. The molecule has 2 aromatic carbocycles. The summed E-state index contributed by atoms with van der Waals surface area (Å²) in [6, 6.07) is 8.98. The van der Waals surface area contributed by atoms with Crippen LogP contribution in [0.3, 0.4) is 0 Å². The number of amides is 2. The fourth-order valence-electron chi connectivity index (χ4n) is 4.64. The van der Waals surface area contributed by atoms with Gasteiger partial charge in [0.05, 0.1) is 35.7 Å². The van der Waals surface area contributed by atoms with Crippen LogP contribution in [0.25, 0.3) is 11.6 Å². The molecule has 0 fully saturated rings. The summed E-state index contributed by atoms with van der Waals surface area (Å²) in [7, 11) is 0. The van der Waals surface area contributed by atoms with E-state index >= 15 is 0 Å². The minimum atomic E-state index is -1.53. The SMILES string of the molecule is O=C(Nc1cc(OCCCOc2cc(C(=O)O)c(NC(=O)c3ccc(-n4ccnc4)nn3)cc2F)c(F)cc1C(=O)O)c1ccc(-n2ccnc2)nn1.[H-].[Li+]. The Kier molecular flexibility index (Phi) is 12.0. The van der Waals surface area contributed by atoms with Gasteiger partial charge in [-0.05, 0) is 36.4 Å². The van der Waals surface area contributed by atoms with Gasteiger partial charge in [0.25, 0.3) is 11.8 Å². The van der Waals surface area contributed by atoms with Gasteiger partial charge in [0.15, 0.2) is 46.2 Å². The van der Waals surface area contributed by atoms with Gasteiger partial charge in [-0.3, -0.25) is 18.7 Å². The molecule has 0 spiro atoms. The van der Waals surface area contributed by atoms with Gasteiger partial charge >= 0.3 is 30.8 Å². The van der Waals surface area contributed by atoms with Crippen molar-refractivity contribution in [3.05, 3.63) is 120 Å². The Morgan fingerprint density at radius 2 is 1.13 bits per heavy atom. The number of hydrogen-bond donors (Lipinski definition) is 4. The molecule has 6 aromatic rings. The summed E-state index contributed by atoms with van der Waals surface area (Å²) in [5.41, 5.74) is -2.02. The normalized spacial score (nSPS) is 10.6. The van der Waals surface area contributed by atoms with E-state index in [4.69, 9.17) is 9.47 Å². The monoisotopic (exact) mass is 734 g/mol. The van der Waals surface area contributed by atoms with E-state index < -0.39 is 58.0 Å². The molecule has 270 valence electrons. The minimum Gasteiger partial charge on any atom is -1.00 e. The van der Waals surface area contributed by atoms with Crippen LogP contribution in [0.5, 0.6) is 11.5 Å². The molecule has 0 aliphatic carbocycles. The Morgan fingerprint density at radius 1 is 0.667 bits per heavy atom. The molecule has 0 unspecified atom stereocenters. The van der Waals surface area contributed by atoms with Crippen LogP contribution < -0.4 is 39.0 Å². The van der Waals surface area contributed by atoms with Gasteiger partial charge in [-0.2, -0.15) is 0 Å². The number of ether oxygens (including phenoxy) is 2. The van der Waals surface area contributed by atoms with E-state index in [-0.39, 0.29) is 62.7 Å². The predicted octanol–water partition coefficient (Wildman–Crippen LogP) is 0.782. The number of imidazole rings is 2. The first-order chi connectivity index (χ1) is 25.6. The number of carboxylic acid groups (broad SMARTS) is 2. The molecule has 0 atom stereocenters. The van der Waals surface area contributed by atoms with Crippen LogP contribution in [-0.4, -0.2) is 86.7 Å². The molecular formula is C33H25F2LiN10O8. The number of aromatic carboxylic acids is 2. The number of halogens is 2. The Labute approximate surface area is 315 Å². The van der Waals surface area contributed by atoms with E-state index in [0.717, 1.165) is 18.2 Å². The third kappa shape index (κ3) is 8.87. The molecule has 4 heterocycles. The summed E-state index contributed by atoms with van der Waals surface area (Å²) in [4.78, 5) is 57.1. The molecule has 0 aliphatic heterocycles. The van der Waals surface area contributed by atoms with E-state index in [0.29, 0.717) is 17.7 Å². The number of benzene rings is 2. The quantitative estimate of drug-likeness (QED) is 0.0894. The average molecular weight is 735 g/mol. The van der Waals surface area contributed by atoms with Crippen molar-refractivity contribution < 1.29 is 67.9 Å². The zero-order valence-corrected chi connectivity index (χ0v) is 27.9. The molecule has 0 saturated heterocycles. The Bertz CT molecular complexity index is 2300. The Balaban J connectivity index is 0.00000336. The Hall–Kier alpha value is -7.04. The molecule has 2 amide bonds. The standard InChI is InChI=1S/C33H24F2N10O8.Li.H/c34-20-12-18(32(48)49)25(39-31(47)23-3-5-29(43-41-23)45-9-7-37-17-45)15-27(20)53-11-1-10-52-26-13-19(33(50)51)24(14-21(26)35)38-30(46)22-2-4-28(42-40-22)44-8-6-36-16-44;;/h2-9,12-17H,1,10-11H2,(H,38,46)(H,39,47)(H,48,49)(H,50,51);;/q;+1;-1. The zero-order chi connectivity index (χ0) is 37.5. The molecule has 54 heavy (non-hydrogen) atoms. The van der Waals surface area contributed by atoms with Crippen molar-refractivity contribution in [1.29, 1.82) is 0 Å². The van der Waals surface area contributed by atoms with Crippen LogP contribution in [0, 0.1) is 11.6 Å². The summed E-state index contributed by atoms with van der Waals surface area (Å²) in [6.07, 6.45) is 9.26. The van der Waals surface area contributed by atoms with Gasteiger partial charge in [-0.1, -0.05) is 0 Å².